The average molecular weight is 834 g/mol. The third-order valence-corrected chi connectivity index (χ3v) is 11.5. The quantitative estimate of drug-likeness (QED) is 0.0324. The van der Waals surface area contributed by atoms with Crippen molar-refractivity contribution in [3.05, 3.63) is 12.2 Å². The first-order valence-corrected chi connectivity index (χ1v) is 22.9. The van der Waals surface area contributed by atoms with Crippen molar-refractivity contribution in [1.29, 1.82) is 0 Å². The molecule has 2 saturated heterocycles. The van der Waals surface area contributed by atoms with E-state index in [2.05, 4.69) is 12.2 Å². The van der Waals surface area contributed by atoms with Crippen LogP contribution in [0.1, 0.15) is 168 Å². The fraction of sp³-hybridized carbons (Fsp3) is 0.932. The van der Waals surface area contributed by atoms with Gasteiger partial charge in [0.15, 0.2) is 12.6 Å². The monoisotopic (exact) mass is 834 g/mol. The molecule has 0 aromatic carbocycles. The maximum atomic E-state index is 12.9. The Morgan fingerprint density at radius 3 is 1.55 bits per heavy atom. The maximum Gasteiger partial charge on any atom is 0.220 e. The first kappa shape index (κ1) is 52.9. The van der Waals surface area contributed by atoms with Gasteiger partial charge in [-0.15, -0.1) is 0 Å². The van der Waals surface area contributed by atoms with Crippen molar-refractivity contribution in [2.45, 2.75) is 242 Å². The summed E-state index contributed by atoms with van der Waals surface area (Å²) in [6, 6.07) is -0.904. The molecule has 2 heterocycles. The fourth-order valence-corrected chi connectivity index (χ4v) is 7.65. The molecule has 0 radical (unpaired) electrons. The molecule has 14 nitrogen and oxygen atoms in total. The minimum absolute atomic E-state index is 0.249. The molecule has 9 N–H and O–H groups in total. The van der Waals surface area contributed by atoms with Crippen LogP contribution in [0.15, 0.2) is 12.2 Å². The lowest BCUT2D eigenvalue weighted by Gasteiger charge is -2.46. The van der Waals surface area contributed by atoms with Crippen LogP contribution in [0.4, 0.5) is 0 Å². The Morgan fingerprint density at radius 2 is 1.07 bits per heavy atom. The Labute approximate surface area is 348 Å². The zero-order valence-electron chi connectivity index (χ0n) is 35.8. The van der Waals surface area contributed by atoms with Crippen LogP contribution in [0.3, 0.4) is 0 Å². The summed E-state index contributed by atoms with van der Waals surface area (Å²) >= 11 is 0. The molecule has 1 amide bonds. The number of aliphatic hydroxyl groups is 8. The zero-order valence-corrected chi connectivity index (χ0v) is 35.8. The Hall–Kier alpha value is -1.27. The zero-order chi connectivity index (χ0) is 42.5. The summed E-state index contributed by atoms with van der Waals surface area (Å²) in [4.78, 5) is 12.9. The molecule has 58 heavy (non-hydrogen) atoms. The number of hydrogen-bond donors (Lipinski definition) is 9. The molecular formula is C44H83NO13. The topological polar surface area (TPSA) is 228 Å². The second-order valence-electron chi connectivity index (χ2n) is 16.5. The molecule has 0 aromatic heterocycles. The largest absolute Gasteiger partial charge is 0.394 e. The van der Waals surface area contributed by atoms with Gasteiger partial charge in [0.2, 0.25) is 5.91 Å². The smallest absolute Gasteiger partial charge is 0.220 e. The molecule has 2 aliphatic heterocycles. The lowest BCUT2D eigenvalue weighted by Crippen LogP contribution is -2.65. The Kier molecular flexibility index (Phi) is 29.6. The van der Waals surface area contributed by atoms with Crippen LogP contribution in [0.2, 0.25) is 0 Å². The van der Waals surface area contributed by atoms with E-state index in [-0.39, 0.29) is 18.9 Å². The van der Waals surface area contributed by atoms with Crippen LogP contribution in [0, 0.1) is 0 Å². The van der Waals surface area contributed by atoms with Crippen LogP contribution in [-0.4, -0.2) is 140 Å². The van der Waals surface area contributed by atoms with Crippen LogP contribution in [0.25, 0.3) is 0 Å². The van der Waals surface area contributed by atoms with Gasteiger partial charge in [-0.05, 0) is 12.8 Å². The SMILES string of the molecule is CCC/C=C/C(O)C(COC1OC(CO)C(OC2OC(CO)C(O)C(O)C2O)C(O)C1O)NC(=O)CCCCCCCCCCCCCCCCCCCCCCC. The highest BCUT2D eigenvalue weighted by atomic mass is 16.7. The minimum Gasteiger partial charge on any atom is -0.394 e. The fourth-order valence-electron chi connectivity index (χ4n) is 7.65. The maximum absolute atomic E-state index is 12.9. The van der Waals surface area contributed by atoms with Crippen molar-refractivity contribution in [3.63, 3.8) is 0 Å². The molecule has 0 spiro atoms. The van der Waals surface area contributed by atoms with E-state index < -0.39 is 86.8 Å². The second kappa shape index (κ2) is 32.4. The van der Waals surface area contributed by atoms with Gasteiger partial charge in [-0.2, -0.15) is 0 Å². The molecule has 2 aliphatic rings. The number of allylic oxidation sites excluding steroid dienone is 1. The molecule has 0 aromatic rings. The highest BCUT2D eigenvalue weighted by Gasteiger charge is 2.50. The minimum atomic E-state index is -1.78. The second-order valence-corrected chi connectivity index (χ2v) is 16.5. The highest BCUT2D eigenvalue weighted by molar-refractivity contribution is 5.76. The van der Waals surface area contributed by atoms with Crippen molar-refractivity contribution in [1.82, 2.24) is 5.32 Å². The number of carbonyl (C=O) groups is 1. The summed E-state index contributed by atoms with van der Waals surface area (Å²) in [6.45, 7) is 2.55. The average Bonchev–Trinajstić information content (AvgIpc) is 3.22. The van der Waals surface area contributed by atoms with Gasteiger partial charge >= 0.3 is 0 Å². The number of amides is 1. The molecule has 14 heteroatoms. The summed E-state index contributed by atoms with van der Waals surface area (Å²) in [5.41, 5.74) is 0. The van der Waals surface area contributed by atoms with Gasteiger partial charge in [0.05, 0.1) is 32.0 Å². The van der Waals surface area contributed by atoms with E-state index >= 15 is 0 Å². The van der Waals surface area contributed by atoms with Gasteiger partial charge in [-0.1, -0.05) is 161 Å². The Balaban J connectivity index is 1.67. The number of aliphatic hydroxyl groups excluding tert-OH is 8. The molecule has 0 aliphatic carbocycles. The van der Waals surface area contributed by atoms with E-state index in [1.807, 2.05) is 13.0 Å². The van der Waals surface area contributed by atoms with E-state index in [1.54, 1.807) is 6.08 Å². The van der Waals surface area contributed by atoms with E-state index in [0.29, 0.717) is 6.42 Å². The van der Waals surface area contributed by atoms with Crippen LogP contribution >= 0.6 is 0 Å². The van der Waals surface area contributed by atoms with Gasteiger partial charge in [0, 0.05) is 6.42 Å². The summed E-state index contributed by atoms with van der Waals surface area (Å²) in [6.07, 6.45) is 15.2. The van der Waals surface area contributed by atoms with Gasteiger partial charge in [-0.25, -0.2) is 0 Å². The third kappa shape index (κ3) is 20.5. The molecule has 342 valence electrons. The van der Waals surface area contributed by atoms with Gasteiger partial charge in [-0.3, -0.25) is 4.79 Å². The molecule has 12 unspecified atom stereocenters. The summed E-state index contributed by atoms with van der Waals surface area (Å²) in [5.74, 6) is -0.249. The predicted octanol–water partition coefficient (Wildman–Crippen LogP) is 4.43. The summed E-state index contributed by atoms with van der Waals surface area (Å²) in [7, 11) is 0. The van der Waals surface area contributed by atoms with E-state index in [4.69, 9.17) is 18.9 Å². The number of nitrogens with one attached hydrogen (secondary N) is 1. The van der Waals surface area contributed by atoms with Crippen LogP contribution in [0.5, 0.6) is 0 Å². The molecule has 12 atom stereocenters. The first-order chi connectivity index (χ1) is 28.1. The predicted molar refractivity (Wildman–Crippen MR) is 222 cm³/mol. The number of unbranched alkanes of at least 4 members (excludes halogenated alkanes) is 21. The van der Waals surface area contributed by atoms with Gasteiger partial charge in [0.1, 0.15) is 48.8 Å². The van der Waals surface area contributed by atoms with E-state index in [0.717, 1.165) is 32.1 Å². The molecule has 2 fully saturated rings. The van der Waals surface area contributed by atoms with Gasteiger partial charge in [0.25, 0.3) is 0 Å². The lowest BCUT2D eigenvalue weighted by atomic mass is 9.97. The lowest BCUT2D eigenvalue weighted by molar-refractivity contribution is -0.359. The molecule has 2 rings (SSSR count). The normalized spacial score (nSPS) is 28.9. The number of rotatable bonds is 34. The Morgan fingerprint density at radius 1 is 0.603 bits per heavy atom. The van der Waals surface area contributed by atoms with E-state index in [1.165, 1.54) is 109 Å². The van der Waals surface area contributed by atoms with Crippen LogP contribution in [-0.2, 0) is 23.7 Å². The van der Waals surface area contributed by atoms with Crippen LogP contribution < -0.4 is 5.32 Å². The van der Waals surface area contributed by atoms with Crippen molar-refractivity contribution in [2.75, 3.05) is 19.8 Å². The third-order valence-electron chi connectivity index (χ3n) is 11.5. The van der Waals surface area contributed by atoms with Gasteiger partial charge < -0.3 is 65.1 Å². The summed E-state index contributed by atoms with van der Waals surface area (Å²) < 4.78 is 22.4. The molecule has 0 saturated carbocycles. The molecular weight excluding hydrogens is 750 g/mol. The van der Waals surface area contributed by atoms with Crippen molar-refractivity contribution < 1.29 is 64.6 Å². The molecule has 0 bridgehead atoms. The van der Waals surface area contributed by atoms with E-state index in [9.17, 15) is 45.6 Å². The van der Waals surface area contributed by atoms with Crippen molar-refractivity contribution in [2.24, 2.45) is 0 Å². The number of ether oxygens (including phenoxy) is 4. The standard InChI is InChI=1S/C44H83NO13/c1-3-5-7-8-9-10-11-12-13-14-15-16-17-18-19-20-21-22-23-24-26-28-36(49)45-32(33(48)27-25-6-4-2)31-55-43-41(54)39(52)42(35(30-47)57-43)58-44-40(53)38(51)37(50)34(29-46)56-44/h25,27,32-35,37-44,46-48,50-54H,3-24,26,28-31H2,1-2H3,(H,45,49)/b27-25+. The number of hydrogen-bond acceptors (Lipinski definition) is 13. The van der Waals surface area contributed by atoms with Crippen molar-refractivity contribution in [3.8, 4) is 0 Å². The van der Waals surface area contributed by atoms with Crippen molar-refractivity contribution >= 4 is 5.91 Å². The number of carbonyl (C=O) groups excluding carboxylic acids is 1. The highest BCUT2D eigenvalue weighted by Crippen LogP contribution is 2.30. The first-order valence-electron chi connectivity index (χ1n) is 22.9. The summed E-state index contributed by atoms with van der Waals surface area (Å²) in [5, 5.41) is 85.7. The Bertz CT molecular complexity index is 1040.